The number of ether oxygens (including phenoxy) is 4. The maximum absolute atomic E-state index is 12.6. The molecule has 1 amide bonds. The molecule has 5 rings (SSSR count). The molecule has 2 bridgehead atoms. The molecule has 2 aliphatic heterocycles. The van der Waals surface area contributed by atoms with Crippen LogP contribution in [0.4, 0.5) is 0 Å². The lowest BCUT2D eigenvalue weighted by molar-refractivity contribution is -0.137. The van der Waals surface area contributed by atoms with Crippen LogP contribution in [0.5, 0.6) is 17.2 Å². The second-order valence-corrected chi connectivity index (χ2v) is 10.3. The molecule has 4 aliphatic rings. The molecule has 6 heteroatoms. The van der Waals surface area contributed by atoms with Crippen molar-refractivity contribution in [1.82, 2.24) is 5.32 Å². The van der Waals surface area contributed by atoms with Gasteiger partial charge in [0.15, 0.2) is 11.5 Å². The third-order valence-electron chi connectivity index (χ3n) is 8.47. The molecule has 1 N–H and O–H groups in total. The Labute approximate surface area is 185 Å². The van der Waals surface area contributed by atoms with Crippen molar-refractivity contribution in [2.45, 2.75) is 65.0 Å². The van der Waals surface area contributed by atoms with E-state index < -0.39 is 0 Å². The van der Waals surface area contributed by atoms with Crippen LogP contribution in [0.1, 0.15) is 64.5 Å². The number of amides is 1. The van der Waals surface area contributed by atoms with Gasteiger partial charge >= 0.3 is 0 Å². The van der Waals surface area contributed by atoms with E-state index in [4.69, 9.17) is 18.9 Å². The number of hydrogen-bond donors (Lipinski definition) is 1. The van der Waals surface area contributed by atoms with Crippen molar-refractivity contribution in [3.8, 4) is 17.2 Å². The standard InChI is InChI=1S/C25H35NO5/c1-5-6-20(27)26-23-24(2,3)16-13-17-21(30-8-7-25(17,23)14-16)15-11-18(28-4)22-19(12-15)29-9-10-31-22/h11-12,16-17,21,23H,5-10,13-14H2,1-4H3,(H,26,27)/t16-,17-,21-,23+,25?/m1/s1. The first kappa shape index (κ1) is 20.9. The van der Waals surface area contributed by atoms with Crippen LogP contribution in [0.3, 0.4) is 0 Å². The SMILES string of the molecule is CCCC(=O)N[C@H]1C(C)(C)[C@@H]2C[C@@H]3[C@@H](c4cc(OC)c5c(c4)OCCO5)OCCC31C2. The highest BCUT2D eigenvalue weighted by atomic mass is 16.6. The summed E-state index contributed by atoms with van der Waals surface area (Å²) in [6, 6.07) is 4.31. The molecule has 3 fully saturated rings. The van der Waals surface area contributed by atoms with Crippen LogP contribution in [-0.4, -0.2) is 38.9 Å². The van der Waals surface area contributed by atoms with Gasteiger partial charge in [0.05, 0.1) is 13.2 Å². The molecule has 2 aliphatic carbocycles. The normalized spacial score (nSPS) is 34.8. The first-order valence-electron chi connectivity index (χ1n) is 11.8. The topological polar surface area (TPSA) is 66.0 Å². The Morgan fingerprint density at radius 3 is 2.81 bits per heavy atom. The highest BCUT2D eigenvalue weighted by Gasteiger charge is 2.68. The molecule has 1 aromatic carbocycles. The minimum Gasteiger partial charge on any atom is -0.493 e. The second kappa shape index (κ2) is 7.58. The lowest BCUT2D eigenvalue weighted by atomic mass is 9.58. The van der Waals surface area contributed by atoms with Gasteiger partial charge in [0.2, 0.25) is 11.7 Å². The number of hydrogen-bond acceptors (Lipinski definition) is 5. The average molecular weight is 430 g/mol. The molecular formula is C25H35NO5. The van der Waals surface area contributed by atoms with Gasteiger partial charge in [0, 0.05) is 19.1 Å². The van der Waals surface area contributed by atoms with Crippen molar-refractivity contribution in [2.24, 2.45) is 22.7 Å². The van der Waals surface area contributed by atoms with Gasteiger partial charge in [0.1, 0.15) is 13.2 Å². The monoisotopic (exact) mass is 429 g/mol. The van der Waals surface area contributed by atoms with Crippen molar-refractivity contribution in [3.63, 3.8) is 0 Å². The van der Waals surface area contributed by atoms with E-state index in [-0.39, 0.29) is 28.9 Å². The summed E-state index contributed by atoms with van der Waals surface area (Å²) in [5, 5.41) is 3.47. The maximum atomic E-state index is 12.6. The van der Waals surface area contributed by atoms with E-state index >= 15 is 0 Å². The number of carbonyl (C=O) groups excluding carboxylic acids is 1. The van der Waals surface area contributed by atoms with Crippen LogP contribution in [-0.2, 0) is 9.53 Å². The van der Waals surface area contributed by atoms with Crippen LogP contribution in [0.25, 0.3) is 0 Å². The fourth-order valence-corrected chi connectivity index (χ4v) is 7.04. The maximum Gasteiger partial charge on any atom is 0.220 e. The van der Waals surface area contributed by atoms with Crippen molar-refractivity contribution < 1.29 is 23.7 Å². The molecule has 0 radical (unpaired) electrons. The Bertz CT molecular complexity index is 850. The molecule has 170 valence electrons. The molecule has 2 saturated carbocycles. The van der Waals surface area contributed by atoms with Crippen LogP contribution in [0, 0.1) is 22.7 Å². The van der Waals surface area contributed by atoms with E-state index in [0.717, 1.165) is 30.6 Å². The predicted octanol–water partition coefficient (Wildman–Crippen LogP) is 4.27. The Kier molecular flexibility index (Phi) is 5.11. The zero-order chi connectivity index (χ0) is 21.8. The summed E-state index contributed by atoms with van der Waals surface area (Å²) < 4.78 is 23.7. The molecule has 1 saturated heterocycles. The van der Waals surface area contributed by atoms with Crippen LogP contribution in [0.15, 0.2) is 12.1 Å². The summed E-state index contributed by atoms with van der Waals surface area (Å²) in [6.45, 7) is 8.53. The average Bonchev–Trinajstić information content (AvgIpc) is 3.25. The molecule has 1 unspecified atom stereocenters. The smallest absolute Gasteiger partial charge is 0.220 e. The minimum atomic E-state index is -0.0230. The van der Waals surface area contributed by atoms with Gasteiger partial charge in [-0.05, 0) is 66.0 Å². The zero-order valence-corrected chi connectivity index (χ0v) is 19.2. The molecule has 1 aromatic rings. The Morgan fingerprint density at radius 2 is 2.03 bits per heavy atom. The Hall–Kier alpha value is -1.95. The largest absolute Gasteiger partial charge is 0.493 e. The first-order chi connectivity index (χ1) is 14.9. The van der Waals surface area contributed by atoms with Gasteiger partial charge in [0.25, 0.3) is 0 Å². The zero-order valence-electron chi connectivity index (χ0n) is 19.2. The lowest BCUT2D eigenvalue weighted by Gasteiger charge is -2.53. The summed E-state index contributed by atoms with van der Waals surface area (Å²) in [7, 11) is 1.67. The molecule has 1 spiro atoms. The van der Waals surface area contributed by atoms with Crippen LogP contribution >= 0.6 is 0 Å². The van der Waals surface area contributed by atoms with E-state index in [1.165, 1.54) is 6.42 Å². The molecule has 31 heavy (non-hydrogen) atoms. The minimum absolute atomic E-state index is 0.0230. The third kappa shape index (κ3) is 3.12. The van der Waals surface area contributed by atoms with E-state index in [0.29, 0.717) is 49.6 Å². The summed E-state index contributed by atoms with van der Waals surface area (Å²) in [5.41, 5.74) is 1.28. The van der Waals surface area contributed by atoms with Gasteiger partial charge < -0.3 is 24.3 Å². The van der Waals surface area contributed by atoms with E-state index in [9.17, 15) is 4.79 Å². The van der Waals surface area contributed by atoms with Crippen molar-refractivity contribution >= 4 is 5.91 Å². The van der Waals surface area contributed by atoms with Gasteiger partial charge in [-0.1, -0.05) is 20.8 Å². The number of methoxy groups -OCH3 is 1. The lowest BCUT2D eigenvalue weighted by Crippen LogP contribution is -2.58. The van der Waals surface area contributed by atoms with E-state index in [1.807, 2.05) is 0 Å². The summed E-state index contributed by atoms with van der Waals surface area (Å²) in [4.78, 5) is 12.6. The third-order valence-corrected chi connectivity index (χ3v) is 8.47. The van der Waals surface area contributed by atoms with Gasteiger partial charge in [-0.3, -0.25) is 4.79 Å². The first-order valence-corrected chi connectivity index (χ1v) is 11.8. The van der Waals surface area contributed by atoms with E-state index in [1.54, 1.807) is 7.11 Å². The predicted molar refractivity (Wildman–Crippen MR) is 117 cm³/mol. The van der Waals surface area contributed by atoms with Crippen LogP contribution < -0.4 is 19.5 Å². The van der Waals surface area contributed by atoms with Crippen molar-refractivity contribution in [3.05, 3.63) is 17.7 Å². The van der Waals surface area contributed by atoms with Crippen molar-refractivity contribution in [2.75, 3.05) is 26.9 Å². The summed E-state index contributed by atoms with van der Waals surface area (Å²) >= 11 is 0. The molecular weight excluding hydrogens is 394 g/mol. The molecule has 6 nitrogen and oxygen atoms in total. The molecule has 5 atom stereocenters. The number of benzene rings is 1. The van der Waals surface area contributed by atoms with Gasteiger partial charge in [-0.15, -0.1) is 0 Å². The molecule has 2 heterocycles. The van der Waals surface area contributed by atoms with E-state index in [2.05, 4.69) is 38.2 Å². The number of rotatable bonds is 5. The Balaban J connectivity index is 1.50. The highest BCUT2D eigenvalue weighted by Crippen LogP contribution is 2.70. The summed E-state index contributed by atoms with van der Waals surface area (Å²) in [6.07, 6.45) is 4.76. The Morgan fingerprint density at radius 1 is 1.23 bits per heavy atom. The fraction of sp³-hybridized carbons (Fsp3) is 0.720. The second-order valence-electron chi connectivity index (χ2n) is 10.3. The molecule has 0 aromatic heterocycles. The summed E-state index contributed by atoms with van der Waals surface area (Å²) in [5.74, 6) is 3.27. The van der Waals surface area contributed by atoms with Gasteiger partial charge in [-0.25, -0.2) is 0 Å². The number of carbonyl (C=O) groups is 1. The number of nitrogens with one attached hydrogen (secondary N) is 1. The highest BCUT2D eigenvalue weighted by molar-refractivity contribution is 5.76. The van der Waals surface area contributed by atoms with Crippen molar-refractivity contribution in [1.29, 1.82) is 0 Å². The fourth-order valence-electron chi connectivity index (χ4n) is 7.04. The quantitative estimate of drug-likeness (QED) is 0.757. The van der Waals surface area contributed by atoms with Gasteiger partial charge in [-0.2, -0.15) is 0 Å². The number of fused-ring (bicyclic) bond motifs is 2. The van der Waals surface area contributed by atoms with Crippen LogP contribution in [0.2, 0.25) is 0 Å².